The van der Waals surface area contributed by atoms with Crippen molar-refractivity contribution in [3.8, 4) is 11.5 Å². The van der Waals surface area contributed by atoms with Crippen LogP contribution in [0.5, 0.6) is 11.5 Å². The number of nitrogens with one attached hydrogen (secondary N) is 1. The topological polar surface area (TPSA) is 84.9 Å². The number of allylic oxidation sites excluding steroid dienone is 1. The average molecular weight is 551 g/mol. The fourth-order valence-electron chi connectivity index (χ4n) is 3.94. The Morgan fingerprint density at radius 1 is 0.947 bits per heavy atom. The first-order valence-corrected chi connectivity index (χ1v) is 12.5. The molecule has 1 aliphatic heterocycles. The number of rotatable bonds is 9. The zero-order valence-electron chi connectivity index (χ0n) is 20.5. The van der Waals surface area contributed by atoms with E-state index < -0.39 is 17.8 Å². The summed E-state index contributed by atoms with van der Waals surface area (Å²) in [7, 11) is 0. The van der Waals surface area contributed by atoms with Gasteiger partial charge in [0.15, 0.2) is 11.5 Å². The lowest BCUT2D eigenvalue weighted by atomic mass is 10.0. The van der Waals surface area contributed by atoms with Crippen molar-refractivity contribution in [2.75, 3.05) is 11.5 Å². The predicted octanol–water partition coefficient (Wildman–Crippen LogP) is 6.37. The number of halogens is 2. The number of amides is 4. The van der Waals surface area contributed by atoms with Gasteiger partial charge < -0.3 is 9.47 Å². The van der Waals surface area contributed by atoms with Gasteiger partial charge in [-0.05, 0) is 55.3 Å². The zero-order chi connectivity index (χ0) is 27.2. The number of imide groups is 2. The number of nitrogens with zero attached hydrogens (tertiary/aromatic N) is 1. The van der Waals surface area contributed by atoms with Crippen molar-refractivity contribution < 1.29 is 23.9 Å². The lowest BCUT2D eigenvalue weighted by molar-refractivity contribution is -0.122. The second-order valence-corrected chi connectivity index (χ2v) is 9.04. The van der Waals surface area contributed by atoms with Crippen molar-refractivity contribution >= 4 is 52.8 Å². The third kappa shape index (κ3) is 5.74. The summed E-state index contributed by atoms with van der Waals surface area (Å²) in [6, 6.07) is 16.3. The summed E-state index contributed by atoms with van der Waals surface area (Å²) in [4.78, 5) is 39.4. The molecule has 3 aromatic rings. The van der Waals surface area contributed by atoms with E-state index in [0.717, 1.165) is 16.0 Å². The number of ether oxygens (including phenoxy) is 2. The Morgan fingerprint density at radius 3 is 2.34 bits per heavy atom. The van der Waals surface area contributed by atoms with Crippen LogP contribution < -0.4 is 19.7 Å². The molecule has 1 saturated heterocycles. The van der Waals surface area contributed by atoms with Crippen LogP contribution in [-0.2, 0) is 22.6 Å². The van der Waals surface area contributed by atoms with Crippen LogP contribution in [0.4, 0.5) is 10.5 Å². The van der Waals surface area contributed by atoms with Crippen molar-refractivity contribution in [2.45, 2.75) is 20.0 Å². The van der Waals surface area contributed by atoms with Gasteiger partial charge >= 0.3 is 6.03 Å². The summed E-state index contributed by atoms with van der Waals surface area (Å²) >= 11 is 12.5. The lowest BCUT2D eigenvalue weighted by Crippen LogP contribution is -2.54. The molecule has 3 aromatic carbocycles. The molecular formula is C29H24Cl2N2O5. The fourth-order valence-corrected chi connectivity index (χ4v) is 4.35. The number of hydrogen-bond acceptors (Lipinski definition) is 5. The maximum absolute atomic E-state index is 13.3. The van der Waals surface area contributed by atoms with E-state index in [9.17, 15) is 14.4 Å². The second-order valence-electron chi connectivity index (χ2n) is 8.22. The van der Waals surface area contributed by atoms with Crippen LogP contribution in [0.15, 0.2) is 78.9 Å². The molecule has 1 N–H and O–H groups in total. The van der Waals surface area contributed by atoms with Gasteiger partial charge in [-0.2, -0.15) is 0 Å². The standard InChI is InChI=1S/C29H24Cl2N2O5/c1-3-9-19-14-18(16-25(37-4-2)26(19)38-17-20-10-5-6-11-22(20)30)15-21-27(34)32-29(36)33(28(21)35)24-13-8-7-12-23(24)31/h3,5-8,10-16H,1,4,9,17H2,2H3,(H,32,34,36)/b21-15+. The molecule has 0 atom stereocenters. The molecule has 0 bridgehead atoms. The molecule has 194 valence electrons. The number of anilines is 1. The van der Waals surface area contributed by atoms with Gasteiger partial charge in [0.1, 0.15) is 12.2 Å². The molecule has 0 unspecified atom stereocenters. The van der Waals surface area contributed by atoms with E-state index in [1.54, 1.807) is 42.5 Å². The predicted molar refractivity (Wildman–Crippen MR) is 148 cm³/mol. The van der Waals surface area contributed by atoms with Crippen LogP contribution in [0, 0.1) is 0 Å². The number of hydrogen-bond donors (Lipinski definition) is 1. The highest BCUT2D eigenvalue weighted by molar-refractivity contribution is 6.42. The van der Waals surface area contributed by atoms with E-state index in [1.807, 2.05) is 25.1 Å². The Bertz CT molecular complexity index is 1450. The van der Waals surface area contributed by atoms with E-state index >= 15 is 0 Å². The first kappa shape index (κ1) is 27.0. The van der Waals surface area contributed by atoms with Crippen LogP contribution >= 0.6 is 23.2 Å². The molecule has 4 rings (SSSR count). The number of para-hydroxylation sites is 1. The molecule has 9 heteroatoms. The first-order valence-electron chi connectivity index (χ1n) is 11.8. The minimum absolute atomic E-state index is 0.167. The van der Waals surface area contributed by atoms with Crippen molar-refractivity contribution in [2.24, 2.45) is 0 Å². The van der Waals surface area contributed by atoms with Crippen molar-refractivity contribution in [1.82, 2.24) is 5.32 Å². The largest absolute Gasteiger partial charge is 0.490 e. The minimum atomic E-state index is -0.879. The summed E-state index contributed by atoms with van der Waals surface area (Å²) in [6.07, 6.45) is 3.54. The van der Waals surface area contributed by atoms with E-state index in [1.165, 1.54) is 12.1 Å². The molecule has 0 saturated carbocycles. The number of urea groups is 1. The maximum atomic E-state index is 13.3. The monoisotopic (exact) mass is 550 g/mol. The van der Waals surface area contributed by atoms with Gasteiger partial charge in [-0.25, -0.2) is 9.69 Å². The molecule has 0 aliphatic carbocycles. The Labute approximate surface area is 230 Å². The third-order valence-electron chi connectivity index (χ3n) is 5.65. The van der Waals surface area contributed by atoms with Crippen LogP contribution in [0.1, 0.15) is 23.6 Å². The molecule has 0 radical (unpaired) electrons. The molecule has 1 heterocycles. The molecule has 1 aliphatic rings. The van der Waals surface area contributed by atoms with Gasteiger partial charge in [0, 0.05) is 16.1 Å². The Balaban J connectivity index is 1.74. The summed E-state index contributed by atoms with van der Waals surface area (Å²) in [5.74, 6) is -0.686. The van der Waals surface area contributed by atoms with E-state index in [4.69, 9.17) is 32.7 Å². The Hall–Kier alpha value is -4.07. The van der Waals surface area contributed by atoms with Gasteiger partial charge in [-0.3, -0.25) is 14.9 Å². The van der Waals surface area contributed by atoms with Crippen LogP contribution in [-0.4, -0.2) is 24.5 Å². The molecule has 4 amide bonds. The number of carbonyl (C=O) groups excluding carboxylic acids is 3. The van der Waals surface area contributed by atoms with Gasteiger partial charge in [-0.15, -0.1) is 6.58 Å². The summed E-state index contributed by atoms with van der Waals surface area (Å²) in [5, 5.41) is 2.98. The van der Waals surface area contributed by atoms with E-state index in [-0.39, 0.29) is 22.9 Å². The van der Waals surface area contributed by atoms with Gasteiger partial charge in [-0.1, -0.05) is 59.6 Å². The van der Waals surface area contributed by atoms with Crippen LogP contribution in [0.3, 0.4) is 0 Å². The van der Waals surface area contributed by atoms with Gasteiger partial charge in [0.2, 0.25) is 0 Å². The van der Waals surface area contributed by atoms with E-state index in [2.05, 4.69) is 11.9 Å². The molecular weight excluding hydrogens is 527 g/mol. The summed E-state index contributed by atoms with van der Waals surface area (Å²) < 4.78 is 12.0. The molecule has 38 heavy (non-hydrogen) atoms. The van der Waals surface area contributed by atoms with Gasteiger partial charge in [0.05, 0.1) is 17.3 Å². The Kier molecular flexibility index (Phi) is 8.51. The van der Waals surface area contributed by atoms with E-state index in [0.29, 0.717) is 35.1 Å². The summed E-state index contributed by atoms with van der Waals surface area (Å²) in [5.41, 5.74) is 1.97. The number of barbiturate groups is 1. The Morgan fingerprint density at radius 2 is 1.66 bits per heavy atom. The molecule has 1 fully saturated rings. The third-order valence-corrected chi connectivity index (χ3v) is 6.34. The average Bonchev–Trinajstić information content (AvgIpc) is 2.88. The maximum Gasteiger partial charge on any atom is 0.335 e. The van der Waals surface area contributed by atoms with Gasteiger partial charge in [0.25, 0.3) is 11.8 Å². The minimum Gasteiger partial charge on any atom is -0.490 e. The number of benzene rings is 3. The number of carbonyl (C=O) groups is 3. The first-order chi connectivity index (χ1) is 18.3. The zero-order valence-corrected chi connectivity index (χ0v) is 22.0. The molecule has 7 nitrogen and oxygen atoms in total. The van der Waals surface area contributed by atoms with Crippen LogP contribution in [0.25, 0.3) is 6.08 Å². The molecule has 0 spiro atoms. The smallest absolute Gasteiger partial charge is 0.335 e. The highest BCUT2D eigenvalue weighted by Gasteiger charge is 2.37. The quantitative estimate of drug-likeness (QED) is 0.190. The SMILES string of the molecule is C=CCc1cc(/C=C2\C(=O)NC(=O)N(c3ccccc3Cl)C2=O)cc(OCC)c1OCc1ccccc1Cl. The fraction of sp³-hybridized carbons (Fsp3) is 0.138. The van der Waals surface area contributed by atoms with Crippen molar-refractivity contribution in [1.29, 1.82) is 0 Å². The molecule has 0 aromatic heterocycles. The normalized spacial score (nSPS) is 14.4. The summed E-state index contributed by atoms with van der Waals surface area (Å²) in [6.45, 7) is 6.22. The van der Waals surface area contributed by atoms with Crippen molar-refractivity contribution in [3.63, 3.8) is 0 Å². The van der Waals surface area contributed by atoms with Crippen LogP contribution in [0.2, 0.25) is 10.0 Å². The highest BCUT2D eigenvalue weighted by Crippen LogP contribution is 2.36. The highest BCUT2D eigenvalue weighted by atomic mass is 35.5. The lowest BCUT2D eigenvalue weighted by Gasteiger charge is -2.27. The second kappa shape index (κ2) is 12.0. The van der Waals surface area contributed by atoms with Crippen molar-refractivity contribution in [3.05, 3.63) is 106 Å².